The maximum atomic E-state index is 13.5. The number of halogens is 1. The number of amides is 1. The largest absolute Gasteiger partial charge is 0.491 e. The Morgan fingerprint density at radius 3 is 2.58 bits per heavy atom. The Balaban J connectivity index is 0.00000306. The van der Waals surface area contributed by atoms with E-state index in [0.29, 0.717) is 12.1 Å². The summed E-state index contributed by atoms with van der Waals surface area (Å²) in [6, 6.07) is 11.5. The Bertz CT molecular complexity index is 1200. The smallest absolute Gasteiger partial charge is 0.260 e. The number of carbonyl (C=O) groups excluding carboxylic acids is 1. The highest BCUT2D eigenvalue weighted by Crippen LogP contribution is 2.33. The molecule has 8 heteroatoms. The quantitative estimate of drug-likeness (QED) is 0.305. The molecule has 0 aliphatic heterocycles. The summed E-state index contributed by atoms with van der Waals surface area (Å²) in [7, 11) is 0. The normalized spacial score (nSPS) is 10.9. The van der Waals surface area contributed by atoms with Crippen LogP contribution in [-0.2, 0) is 6.54 Å². The topological polar surface area (TPSA) is 60.2 Å². The molecule has 4 aromatic rings. The van der Waals surface area contributed by atoms with Gasteiger partial charge >= 0.3 is 0 Å². The van der Waals surface area contributed by atoms with Crippen molar-refractivity contribution in [3.05, 3.63) is 71.8 Å². The summed E-state index contributed by atoms with van der Waals surface area (Å²) in [5.41, 5.74) is 3.95. The molecular formula is C25H29ClN4O2S. The maximum Gasteiger partial charge on any atom is 0.260 e. The first-order valence-electron chi connectivity index (χ1n) is 10.8. The van der Waals surface area contributed by atoms with Crippen LogP contribution in [-0.4, -0.2) is 33.1 Å². The molecular weight excluding hydrogens is 456 g/mol. The highest BCUT2D eigenvalue weighted by molar-refractivity contribution is 7.22. The van der Waals surface area contributed by atoms with Crippen LogP contribution in [0, 0.1) is 13.8 Å². The Morgan fingerprint density at radius 1 is 1.15 bits per heavy atom. The van der Waals surface area contributed by atoms with Gasteiger partial charge in [0.25, 0.3) is 5.91 Å². The fourth-order valence-electron chi connectivity index (χ4n) is 3.55. The van der Waals surface area contributed by atoms with Gasteiger partial charge < -0.3 is 9.30 Å². The lowest BCUT2D eigenvalue weighted by Gasteiger charge is -2.20. The van der Waals surface area contributed by atoms with Crippen LogP contribution in [0.3, 0.4) is 0 Å². The lowest BCUT2D eigenvalue weighted by molar-refractivity contribution is 0.0986. The van der Waals surface area contributed by atoms with Crippen molar-refractivity contribution >= 4 is 45.0 Å². The second kappa shape index (κ2) is 10.8. The lowest BCUT2D eigenvalue weighted by Crippen LogP contribution is -2.32. The second-order valence-electron chi connectivity index (χ2n) is 8.15. The number of thiazole rings is 1. The van der Waals surface area contributed by atoms with E-state index >= 15 is 0 Å². The second-order valence-corrected chi connectivity index (χ2v) is 9.16. The van der Waals surface area contributed by atoms with E-state index in [-0.39, 0.29) is 24.4 Å². The summed E-state index contributed by atoms with van der Waals surface area (Å²) < 4.78 is 8.83. The molecule has 0 aliphatic rings. The molecule has 1 amide bonds. The van der Waals surface area contributed by atoms with Gasteiger partial charge in [-0.1, -0.05) is 17.4 Å². The summed E-state index contributed by atoms with van der Waals surface area (Å²) in [5.74, 6) is 0.703. The SMILES string of the molecule is Cc1ccc2sc(N(CCCn3ccnc3)C(=O)c3ccc(OC(C)C)cc3)nc2c1C.Cl. The van der Waals surface area contributed by atoms with E-state index in [2.05, 4.69) is 31.0 Å². The molecule has 0 atom stereocenters. The van der Waals surface area contributed by atoms with Gasteiger partial charge in [0.15, 0.2) is 5.13 Å². The third-order valence-electron chi connectivity index (χ3n) is 5.38. The van der Waals surface area contributed by atoms with Gasteiger partial charge in [0.1, 0.15) is 5.75 Å². The van der Waals surface area contributed by atoms with E-state index in [9.17, 15) is 4.79 Å². The molecule has 0 saturated carbocycles. The van der Waals surface area contributed by atoms with Gasteiger partial charge in [0.05, 0.1) is 22.6 Å². The minimum absolute atomic E-state index is 0. The fourth-order valence-corrected chi connectivity index (χ4v) is 4.60. The van der Waals surface area contributed by atoms with Crippen LogP contribution in [0.25, 0.3) is 10.2 Å². The van der Waals surface area contributed by atoms with Gasteiger partial charge in [-0.15, -0.1) is 12.4 Å². The Hall–Kier alpha value is -2.90. The number of anilines is 1. The molecule has 0 unspecified atom stereocenters. The van der Waals surface area contributed by atoms with Crippen molar-refractivity contribution in [1.29, 1.82) is 0 Å². The Kier molecular flexibility index (Phi) is 8.10. The van der Waals surface area contributed by atoms with Crippen molar-refractivity contribution in [3.63, 3.8) is 0 Å². The number of aromatic nitrogens is 3. The predicted octanol–water partition coefficient (Wildman–Crippen LogP) is 6.06. The average Bonchev–Trinajstić information content (AvgIpc) is 3.44. The maximum absolute atomic E-state index is 13.5. The van der Waals surface area contributed by atoms with Gasteiger partial charge in [-0.25, -0.2) is 9.97 Å². The van der Waals surface area contributed by atoms with E-state index in [1.165, 1.54) is 5.56 Å². The number of hydrogen-bond acceptors (Lipinski definition) is 5. The Morgan fingerprint density at radius 2 is 1.91 bits per heavy atom. The number of fused-ring (bicyclic) bond motifs is 1. The van der Waals surface area contributed by atoms with Crippen molar-refractivity contribution in [2.24, 2.45) is 0 Å². The molecule has 0 N–H and O–H groups in total. The molecule has 6 nitrogen and oxygen atoms in total. The minimum Gasteiger partial charge on any atom is -0.491 e. The van der Waals surface area contributed by atoms with Crippen LogP contribution in [0.1, 0.15) is 41.8 Å². The zero-order valence-corrected chi connectivity index (χ0v) is 20.9. The average molecular weight is 485 g/mol. The van der Waals surface area contributed by atoms with E-state index in [1.807, 2.05) is 48.9 Å². The summed E-state index contributed by atoms with van der Waals surface area (Å²) >= 11 is 1.56. The summed E-state index contributed by atoms with van der Waals surface area (Å²) in [6.07, 6.45) is 6.38. The first-order valence-corrected chi connectivity index (χ1v) is 11.6. The van der Waals surface area contributed by atoms with Gasteiger partial charge in [0.2, 0.25) is 0 Å². The molecule has 0 bridgehead atoms. The first kappa shape index (κ1) is 24.7. The molecule has 174 valence electrons. The number of benzene rings is 2. The van der Waals surface area contributed by atoms with E-state index in [4.69, 9.17) is 9.72 Å². The third-order valence-corrected chi connectivity index (χ3v) is 6.42. The van der Waals surface area contributed by atoms with Gasteiger partial charge in [-0.2, -0.15) is 0 Å². The zero-order valence-electron chi connectivity index (χ0n) is 19.3. The monoisotopic (exact) mass is 484 g/mol. The fraction of sp³-hybridized carbons (Fsp3) is 0.320. The molecule has 33 heavy (non-hydrogen) atoms. The number of nitrogens with zero attached hydrogens (tertiary/aromatic N) is 4. The van der Waals surface area contributed by atoms with Crippen molar-refractivity contribution in [2.45, 2.75) is 46.8 Å². The minimum atomic E-state index is -0.0554. The summed E-state index contributed by atoms with van der Waals surface area (Å²) in [4.78, 5) is 24.3. The number of imidazole rings is 1. The number of aryl methyl sites for hydroxylation is 3. The third kappa shape index (κ3) is 5.72. The van der Waals surface area contributed by atoms with Crippen molar-refractivity contribution in [3.8, 4) is 5.75 Å². The highest BCUT2D eigenvalue weighted by atomic mass is 35.5. The first-order chi connectivity index (χ1) is 15.4. The van der Waals surface area contributed by atoms with Crippen LogP contribution >= 0.6 is 23.7 Å². The molecule has 0 aliphatic carbocycles. The van der Waals surface area contributed by atoms with Crippen LogP contribution in [0.2, 0.25) is 0 Å². The van der Waals surface area contributed by atoms with E-state index in [1.54, 1.807) is 28.8 Å². The molecule has 2 aromatic heterocycles. The molecule has 0 spiro atoms. The molecule has 0 saturated heterocycles. The van der Waals surface area contributed by atoms with Gasteiger partial charge in [0, 0.05) is 31.0 Å². The standard InChI is InChI=1S/C25H28N4O2S.ClH/c1-17(2)31-21-9-7-20(8-10-21)24(30)29(14-5-13-28-15-12-26-16-28)25-27-23-19(4)18(3)6-11-22(23)32-25;/h6-12,15-17H,5,13-14H2,1-4H3;1H. The van der Waals surface area contributed by atoms with Crippen molar-refractivity contribution < 1.29 is 9.53 Å². The molecule has 2 heterocycles. The molecule has 0 fully saturated rings. The summed E-state index contributed by atoms with van der Waals surface area (Å²) in [6.45, 7) is 9.49. The highest BCUT2D eigenvalue weighted by Gasteiger charge is 2.22. The summed E-state index contributed by atoms with van der Waals surface area (Å²) in [5, 5.41) is 0.729. The van der Waals surface area contributed by atoms with E-state index < -0.39 is 0 Å². The lowest BCUT2D eigenvalue weighted by atomic mass is 10.1. The van der Waals surface area contributed by atoms with Gasteiger partial charge in [-0.05, 0) is 75.6 Å². The van der Waals surface area contributed by atoms with Crippen LogP contribution in [0.4, 0.5) is 5.13 Å². The molecule has 0 radical (unpaired) electrons. The van der Waals surface area contributed by atoms with Crippen molar-refractivity contribution in [1.82, 2.24) is 14.5 Å². The van der Waals surface area contributed by atoms with Crippen LogP contribution in [0.15, 0.2) is 55.1 Å². The number of hydrogen-bond donors (Lipinski definition) is 0. The van der Waals surface area contributed by atoms with E-state index in [0.717, 1.165) is 39.6 Å². The Labute approximate surface area is 204 Å². The van der Waals surface area contributed by atoms with Gasteiger partial charge in [-0.3, -0.25) is 9.69 Å². The predicted molar refractivity (Wildman–Crippen MR) is 137 cm³/mol. The zero-order chi connectivity index (χ0) is 22.7. The number of ether oxygens (including phenoxy) is 1. The van der Waals surface area contributed by atoms with Crippen LogP contribution < -0.4 is 9.64 Å². The number of carbonyl (C=O) groups is 1. The van der Waals surface area contributed by atoms with Crippen LogP contribution in [0.5, 0.6) is 5.75 Å². The number of rotatable bonds is 8. The van der Waals surface area contributed by atoms with Crippen molar-refractivity contribution in [2.75, 3.05) is 11.4 Å². The molecule has 4 rings (SSSR count). The molecule has 2 aromatic carbocycles.